The molecule has 3 aromatic carbocycles. The van der Waals surface area contributed by atoms with Crippen molar-refractivity contribution in [3.05, 3.63) is 119 Å². The van der Waals surface area contributed by atoms with Crippen LogP contribution in [0, 0.1) is 29.3 Å². The summed E-state index contributed by atoms with van der Waals surface area (Å²) in [6.07, 6.45) is -1.52. The Bertz CT molecular complexity index is 1650. The second-order valence-electron chi connectivity index (χ2n) is 8.12. The van der Waals surface area contributed by atoms with Gasteiger partial charge in [0.05, 0.1) is 17.8 Å². The first-order valence-electron chi connectivity index (χ1n) is 10.9. The number of nitrogens with zero attached hydrogens (tertiary/aromatic N) is 3. The highest BCUT2D eigenvalue weighted by Gasteiger charge is 2.34. The predicted octanol–water partition coefficient (Wildman–Crippen LogP) is 6.98. The van der Waals surface area contributed by atoms with E-state index < -0.39 is 41.3 Å². The van der Waals surface area contributed by atoms with Crippen LogP contribution >= 0.6 is 0 Å². The highest BCUT2D eigenvalue weighted by atomic mass is 19.4. The first-order chi connectivity index (χ1) is 17.7. The molecule has 2 aromatic heterocycles. The number of pyridine rings is 1. The van der Waals surface area contributed by atoms with Gasteiger partial charge in [-0.05, 0) is 30.3 Å². The molecule has 0 bridgehead atoms. The largest absolute Gasteiger partial charge is 0.418 e. The van der Waals surface area contributed by atoms with Gasteiger partial charge in [-0.15, -0.1) is 0 Å². The van der Waals surface area contributed by atoms with Crippen molar-refractivity contribution in [1.29, 1.82) is 0 Å². The van der Waals surface area contributed by atoms with Crippen LogP contribution in [0.2, 0.25) is 0 Å². The first-order valence-corrected chi connectivity index (χ1v) is 10.9. The van der Waals surface area contributed by atoms with Crippen molar-refractivity contribution in [3.8, 4) is 23.1 Å². The molecule has 0 spiro atoms. The van der Waals surface area contributed by atoms with Crippen LogP contribution in [0.5, 0.6) is 0 Å². The van der Waals surface area contributed by atoms with Crippen LogP contribution in [0.3, 0.4) is 0 Å². The molecule has 37 heavy (non-hydrogen) atoms. The van der Waals surface area contributed by atoms with Crippen LogP contribution in [0.15, 0.2) is 79.1 Å². The third-order valence-corrected chi connectivity index (χ3v) is 5.66. The van der Waals surface area contributed by atoms with Crippen molar-refractivity contribution < 1.29 is 26.3 Å². The Labute approximate surface area is 207 Å². The van der Waals surface area contributed by atoms with Gasteiger partial charge in [0.2, 0.25) is 0 Å². The van der Waals surface area contributed by atoms with Crippen molar-refractivity contribution in [1.82, 2.24) is 14.8 Å². The number of benzene rings is 3. The summed E-state index contributed by atoms with van der Waals surface area (Å²) in [6.45, 7) is -0.563. The Morgan fingerprint density at radius 2 is 1.46 bits per heavy atom. The van der Waals surface area contributed by atoms with Crippen LogP contribution in [-0.2, 0) is 12.7 Å². The fraction of sp³-hybridized carbons (Fsp3) is 0.0714. The molecular weight excluding hydrogens is 492 g/mol. The summed E-state index contributed by atoms with van der Waals surface area (Å²) in [5.74, 6) is 2.52. The minimum atomic E-state index is -4.71. The maximum Gasteiger partial charge on any atom is 0.418 e. The summed E-state index contributed by atoms with van der Waals surface area (Å²) < 4.78 is 84.7. The second kappa shape index (κ2) is 9.47. The molecule has 0 radical (unpaired) electrons. The molecule has 184 valence electrons. The lowest BCUT2D eigenvalue weighted by Gasteiger charge is -2.11. The SMILES string of the molecule is Fc1cc(F)c(Cn2nc3c(C(F)(F)F)cccc3c2-c2cccc(C#Cc3ccncc3)c2)c(F)c1. The predicted molar refractivity (Wildman–Crippen MR) is 126 cm³/mol. The number of hydrogen-bond donors (Lipinski definition) is 0. The highest BCUT2D eigenvalue weighted by molar-refractivity contribution is 5.95. The van der Waals surface area contributed by atoms with Gasteiger partial charge in [-0.2, -0.15) is 18.3 Å². The Hall–Kier alpha value is -4.58. The monoisotopic (exact) mass is 507 g/mol. The van der Waals surface area contributed by atoms with Gasteiger partial charge in [0.15, 0.2) is 0 Å². The lowest BCUT2D eigenvalue weighted by molar-refractivity contribution is -0.136. The number of alkyl halides is 3. The number of hydrogen-bond acceptors (Lipinski definition) is 2. The van der Waals surface area contributed by atoms with E-state index in [1.54, 1.807) is 48.8 Å². The molecule has 0 atom stereocenters. The van der Waals surface area contributed by atoms with Gasteiger partial charge in [0.1, 0.15) is 23.0 Å². The van der Waals surface area contributed by atoms with Gasteiger partial charge in [-0.1, -0.05) is 36.1 Å². The van der Waals surface area contributed by atoms with E-state index in [1.165, 1.54) is 12.1 Å². The van der Waals surface area contributed by atoms with Gasteiger partial charge in [-0.25, -0.2) is 13.2 Å². The number of rotatable bonds is 3. The van der Waals surface area contributed by atoms with Crippen LogP contribution in [0.1, 0.15) is 22.3 Å². The van der Waals surface area contributed by atoms with Crippen molar-refractivity contribution in [2.45, 2.75) is 12.7 Å². The fourth-order valence-corrected chi connectivity index (χ4v) is 4.00. The molecule has 0 saturated carbocycles. The quantitative estimate of drug-likeness (QED) is 0.195. The molecule has 0 aliphatic rings. The zero-order valence-electron chi connectivity index (χ0n) is 18.8. The summed E-state index contributed by atoms with van der Waals surface area (Å²) in [4.78, 5) is 3.93. The van der Waals surface area contributed by atoms with Crippen LogP contribution in [-0.4, -0.2) is 14.8 Å². The molecule has 5 rings (SSSR count). The fourth-order valence-electron chi connectivity index (χ4n) is 4.00. The third-order valence-electron chi connectivity index (χ3n) is 5.66. The maximum atomic E-state index is 14.5. The van der Waals surface area contributed by atoms with Gasteiger partial charge in [-0.3, -0.25) is 9.67 Å². The maximum absolute atomic E-state index is 14.5. The van der Waals surface area contributed by atoms with E-state index in [-0.39, 0.29) is 16.6 Å². The molecule has 0 amide bonds. The van der Waals surface area contributed by atoms with E-state index in [9.17, 15) is 26.3 Å². The molecule has 3 nitrogen and oxygen atoms in total. The average Bonchev–Trinajstić information content (AvgIpc) is 3.23. The number of aromatic nitrogens is 3. The number of fused-ring (bicyclic) bond motifs is 1. The zero-order valence-corrected chi connectivity index (χ0v) is 18.8. The molecule has 0 aliphatic carbocycles. The van der Waals surface area contributed by atoms with E-state index in [1.807, 2.05) is 0 Å². The van der Waals surface area contributed by atoms with Gasteiger partial charge in [0.25, 0.3) is 0 Å². The average molecular weight is 507 g/mol. The Morgan fingerprint density at radius 1 is 0.784 bits per heavy atom. The van der Waals surface area contributed by atoms with Gasteiger partial charge in [0, 0.05) is 52.2 Å². The second-order valence-corrected chi connectivity index (χ2v) is 8.12. The van der Waals surface area contributed by atoms with Crippen molar-refractivity contribution >= 4 is 10.9 Å². The highest BCUT2D eigenvalue weighted by Crippen LogP contribution is 2.38. The van der Waals surface area contributed by atoms with Crippen LogP contribution in [0.25, 0.3) is 22.2 Å². The molecule has 9 heteroatoms. The Morgan fingerprint density at radius 3 is 2.16 bits per heavy atom. The van der Waals surface area contributed by atoms with Crippen molar-refractivity contribution in [2.24, 2.45) is 0 Å². The van der Waals surface area contributed by atoms with Gasteiger partial charge < -0.3 is 0 Å². The van der Waals surface area contributed by atoms with Crippen LogP contribution < -0.4 is 0 Å². The summed E-state index contributed by atoms with van der Waals surface area (Å²) >= 11 is 0. The molecule has 0 N–H and O–H groups in total. The van der Waals surface area contributed by atoms with E-state index in [4.69, 9.17) is 0 Å². The smallest absolute Gasteiger partial charge is 0.265 e. The molecule has 0 unspecified atom stereocenters. The normalized spacial score (nSPS) is 11.4. The first kappa shape index (κ1) is 24.1. The number of halogens is 6. The lowest BCUT2D eigenvalue weighted by Crippen LogP contribution is -2.09. The summed E-state index contributed by atoms with van der Waals surface area (Å²) in [5, 5.41) is 4.24. The van der Waals surface area contributed by atoms with E-state index in [2.05, 4.69) is 21.9 Å². The minimum Gasteiger partial charge on any atom is -0.265 e. The van der Waals surface area contributed by atoms with Gasteiger partial charge >= 0.3 is 6.18 Å². The van der Waals surface area contributed by atoms with Crippen molar-refractivity contribution in [3.63, 3.8) is 0 Å². The third kappa shape index (κ3) is 4.91. The minimum absolute atomic E-state index is 0.136. The van der Waals surface area contributed by atoms with Crippen LogP contribution in [0.4, 0.5) is 26.3 Å². The summed E-state index contributed by atoms with van der Waals surface area (Å²) in [5.41, 5.74) is 0.0231. The Kier molecular flexibility index (Phi) is 6.17. The van der Waals surface area contributed by atoms with E-state index in [0.717, 1.165) is 10.7 Å². The topological polar surface area (TPSA) is 30.7 Å². The van der Waals surface area contributed by atoms with E-state index >= 15 is 0 Å². The molecule has 0 saturated heterocycles. The Balaban J connectivity index is 1.69. The summed E-state index contributed by atoms with van der Waals surface area (Å²) in [6, 6.07) is 14.7. The molecule has 0 fully saturated rings. The van der Waals surface area contributed by atoms with Crippen molar-refractivity contribution in [2.75, 3.05) is 0 Å². The summed E-state index contributed by atoms with van der Waals surface area (Å²) in [7, 11) is 0. The molecule has 0 aliphatic heterocycles. The molecular formula is C28H15F6N3. The molecule has 5 aromatic rings. The van der Waals surface area contributed by atoms with E-state index in [0.29, 0.717) is 28.8 Å². The zero-order chi connectivity index (χ0) is 26.2. The standard InChI is InChI=1S/C28H15F6N3/c29-20-14-24(30)22(25(31)15-20)16-37-27(21-5-2-6-23(26(21)36-37)28(32,33)34)19-4-1-3-18(13-19)8-7-17-9-11-35-12-10-17/h1-6,9-15H,16H2. The lowest BCUT2D eigenvalue weighted by atomic mass is 10.0. The molecule has 2 heterocycles.